The van der Waals surface area contributed by atoms with E-state index in [-0.39, 0.29) is 5.92 Å². The summed E-state index contributed by atoms with van der Waals surface area (Å²) in [5, 5.41) is 3.93. The number of carbonyl (C=O) groups excluding carboxylic acids is 1. The maximum atomic E-state index is 12.3. The van der Waals surface area contributed by atoms with Gasteiger partial charge in [-0.25, -0.2) is 0 Å². The van der Waals surface area contributed by atoms with Crippen molar-refractivity contribution in [2.45, 2.75) is 50.6 Å². The van der Waals surface area contributed by atoms with Crippen molar-refractivity contribution < 1.29 is 22.5 Å². The lowest BCUT2D eigenvalue weighted by Gasteiger charge is -2.32. The molecule has 1 aromatic rings. The smallest absolute Gasteiger partial charge is 0.342 e. The number of hydrogen-bond donors (Lipinski definition) is 0. The van der Waals surface area contributed by atoms with Gasteiger partial charge in [0.1, 0.15) is 6.42 Å². The van der Waals surface area contributed by atoms with Gasteiger partial charge in [0.05, 0.1) is 0 Å². The van der Waals surface area contributed by atoms with Gasteiger partial charge in [-0.1, -0.05) is 5.16 Å². The lowest BCUT2D eigenvalue weighted by atomic mass is 9.94. The average Bonchev–Trinajstić information content (AvgIpc) is 3.18. The van der Waals surface area contributed by atoms with Crippen LogP contribution in [0.1, 0.15) is 49.7 Å². The van der Waals surface area contributed by atoms with E-state index < -0.39 is 18.5 Å². The van der Waals surface area contributed by atoms with Crippen molar-refractivity contribution in [1.29, 1.82) is 0 Å². The van der Waals surface area contributed by atoms with Gasteiger partial charge in [0.25, 0.3) is 0 Å². The maximum Gasteiger partial charge on any atom is 0.397 e. The summed E-state index contributed by atoms with van der Waals surface area (Å²) < 4.78 is 42.1. The summed E-state index contributed by atoms with van der Waals surface area (Å²) in [4.78, 5) is 17.3. The molecule has 0 aromatic carbocycles. The van der Waals surface area contributed by atoms with Gasteiger partial charge in [0, 0.05) is 25.4 Å². The highest BCUT2D eigenvalue weighted by Crippen LogP contribution is 2.38. The number of aromatic nitrogens is 2. The molecule has 122 valence electrons. The third-order valence-corrected chi connectivity index (χ3v) is 4.11. The molecular formula is C14H18F3N3O2. The SMILES string of the molecule is O=C(CC(F)(F)F)N1CCC[C@H](Cc2nc(C3CC3)no2)C1. The minimum Gasteiger partial charge on any atom is -0.342 e. The average molecular weight is 317 g/mol. The van der Waals surface area contributed by atoms with Crippen LogP contribution in [-0.4, -0.2) is 40.2 Å². The van der Waals surface area contributed by atoms with Gasteiger partial charge >= 0.3 is 6.18 Å². The third kappa shape index (κ3) is 3.98. The first-order chi connectivity index (χ1) is 10.4. The van der Waals surface area contributed by atoms with Crippen molar-refractivity contribution in [3.8, 4) is 0 Å². The van der Waals surface area contributed by atoms with Crippen LogP contribution < -0.4 is 0 Å². The Morgan fingerprint density at radius 2 is 2.09 bits per heavy atom. The summed E-state index contributed by atoms with van der Waals surface area (Å²) in [6.45, 7) is 0.721. The lowest BCUT2D eigenvalue weighted by Crippen LogP contribution is -2.42. The van der Waals surface area contributed by atoms with Gasteiger partial charge in [-0.05, 0) is 31.6 Å². The highest BCUT2D eigenvalue weighted by Gasteiger charge is 2.35. The minimum absolute atomic E-state index is 0.0819. The first kappa shape index (κ1) is 15.3. The molecular weight excluding hydrogens is 299 g/mol. The van der Waals surface area contributed by atoms with E-state index in [0.29, 0.717) is 37.7 Å². The summed E-state index contributed by atoms with van der Waals surface area (Å²) in [5.41, 5.74) is 0. The minimum atomic E-state index is -4.45. The summed E-state index contributed by atoms with van der Waals surface area (Å²) in [5.74, 6) is 0.904. The zero-order valence-electron chi connectivity index (χ0n) is 12.1. The molecule has 1 aliphatic carbocycles. The van der Waals surface area contributed by atoms with Gasteiger partial charge < -0.3 is 9.42 Å². The number of carbonyl (C=O) groups is 1. The van der Waals surface area contributed by atoms with Crippen LogP contribution in [0.5, 0.6) is 0 Å². The Morgan fingerprint density at radius 3 is 2.77 bits per heavy atom. The van der Waals surface area contributed by atoms with Gasteiger partial charge in [0.15, 0.2) is 5.82 Å². The number of nitrogens with zero attached hydrogens (tertiary/aromatic N) is 3. The third-order valence-electron chi connectivity index (χ3n) is 4.11. The molecule has 1 aliphatic heterocycles. The van der Waals surface area contributed by atoms with Gasteiger partial charge in [-0.15, -0.1) is 0 Å². The number of piperidine rings is 1. The Bertz CT molecular complexity index is 540. The molecule has 0 N–H and O–H groups in total. The number of hydrogen-bond acceptors (Lipinski definition) is 4. The quantitative estimate of drug-likeness (QED) is 0.856. The molecule has 5 nitrogen and oxygen atoms in total. The summed E-state index contributed by atoms with van der Waals surface area (Å²) >= 11 is 0. The van der Waals surface area contributed by atoms with Crippen molar-refractivity contribution in [1.82, 2.24) is 15.0 Å². The second-order valence-corrected chi connectivity index (χ2v) is 6.16. The molecule has 2 aliphatic rings. The summed E-state index contributed by atoms with van der Waals surface area (Å²) in [6, 6.07) is 0. The Morgan fingerprint density at radius 1 is 1.32 bits per heavy atom. The van der Waals surface area contributed by atoms with Crippen molar-refractivity contribution >= 4 is 5.91 Å². The van der Waals surface area contributed by atoms with Crippen LogP contribution in [0.15, 0.2) is 4.52 Å². The van der Waals surface area contributed by atoms with Gasteiger partial charge in [0.2, 0.25) is 11.8 Å². The molecule has 2 fully saturated rings. The topological polar surface area (TPSA) is 59.2 Å². The molecule has 0 bridgehead atoms. The van der Waals surface area contributed by atoms with Crippen LogP contribution in [-0.2, 0) is 11.2 Å². The molecule has 1 saturated carbocycles. The Labute approximate surface area is 125 Å². The van der Waals surface area contributed by atoms with E-state index in [9.17, 15) is 18.0 Å². The molecule has 0 unspecified atom stereocenters. The van der Waals surface area contributed by atoms with E-state index in [1.165, 1.54) is 4.90 Å². The number of halogens is 3. The van der Waals surface area contributed by atoms with E-state index in [1.54, 1.807) is 0 Å². The van der Waals surface area contributed by atoms with Crippen LogP contribution in [0, 0.1) is 5.92 Å². The zero-order valence-corrected chi connectivity index (χ0v) is 12.1. The predicted octanol–water partition coefficient (Wildman–Crippen LogP) is 2.68. The number of rotatable bonds is 4. The van der Waals surface area contributed by atoms with Crippen LogP contribution in [0.3, 0.4) is 0 Å². The Kier molecular flexibility index (Phi) is 4.10. The van der Waals surface area contributed by atoms with Crippen LogP contribution in [0.4, 0.5) is 13.2 Å². The molecule has 1 aromatic heterocycles. The van der Waals surface area contributed by atoms with E-state index in [4.69, 9.17) is 4.52 Å². The van der Waals surface area contributed by atoms with E-state index in [1.807, 2.05) is 0 Å². The van der Waals surface area contributed by atoms with Crippen LogP contribution in [0.25, 0.3) is 0 Å². The second kappa shape index (κ2) is 5.89. The highest BCUT2D eigenvalue weighted by molar-refractivity contribution is 5.76. The lowest BCUT2D eigenvalue weighted by molar-refractivity contribution is -0.162. The predicted molar refractivity (Wildman–Crippen MR) is 70.0 cm³/mol. The van der Waals surface area contributed by atoms with Crippen LogP contribution >= 0.6 is 0 Å². The fourth-order valence-electron chi connectivity index (χ4n) is 2.85. The molecule has 8 heteroatoms. The van der Waals surface area contributed by atoms with E-state index in [2.05, 4.69) is 10.1 Å². The molecule has 22 heavy (non-hydrogen) atoms. The van der Waals surface area contributed by atoms with Gasteiger partial charge in [-0.2, -0.15) is 18.2 Å². The number of amides is 1. The van der Waals surface area contributed by atoms with E-state index in [0.717, 1.165) is 25.1 Å². The Balaban J connectivity index is 1.54. The fourth-order valence-corrected chi connectivity index (χ4v) is 2.85. The van der Waals surface area contributed by atoms with Crippen LogP contribution in [0.2, 0.25) is 0 Å². The molecule has 2 heterocycles. The number of likely N-dealkylation sites (tertiary alicyclic amines) is 1. The molecule has 0 radical (unpaired) electrons. The number of alkyl halides is 3. The molecule has 0 spiro atoms. The van der Waals surface area contributed by atoms with Crippen molar-refractivity contribution in [3.63, 3.8) is 0 Å². The first-order valence-corrected chi connectivity index (χ1v) is 7.58. The first-order valence-electron chi connectivity index (χ1n) is 7.58. The standard InChI is InChI=1S/C14H18F3N3O2/c15-14(16,17)7-12(21)20-5-1-2-9(8-20)6-11-18-13(19-22-11)10-3-4-10/h9-10H,1-8H2/t9-/m1/s1. The zero-order chi connectivity index (χ0) is 15.7. The molecule has 3 rings (SSSR count). The van der Waals surface area contributed by atoms with Crippen molar-refractivity contribution in [2.24, 2.45) is 5.92 Å². The Hall–Kier alpha value is -1.60. The molecule has 1 saturated heterocycles. The van der Waals surface area contributed by atoms with Crippen molar-refractivity contribution in [3.05, 3.63) is 11.7 Å². The second-order valence-electron chi connectivity index (χ2n) is 6.16. The molecule has 1 atom stereocenters. The monoisotopic (exact) mass is 317 g/mol. The highest BCUT2D eigenvalue weighted by atomic mass is 19.4. The molecule has 1 amide bonds. The summed E-state index contributed by atoms with van der Waals surface area (Å²) in [6.07, 6.45) is -1.57. The maximum absolute atomic E-state index is 12.3. The normalized spacial score (nSPS) is 22.9. The largest absolute Gasteiger partial charge is 0.397 e. The van der Waals surface area contributed by atoms with Crippen molar-refractivity contribution in [2.75, 3.05) is 13.1 Å². The van der Waals surface area contributed by atoms with Gasteiger partial charge in [-0.3, -0.25) is 4.79 Å². The fraction of sp³-hybridized carbons (Fsp3) is 0.786. The summed E-state index contributed by atoms with van der Waals surface area (Å²) in [7, 11) is 0. The van der Waals surface area contributed by atoms with E-state index >= 15 is 0 Å².